The number of carbonyl (C=O) groups excluding carboxylic acids is 1. The third kappa shape index (κ3) is 3.12. The van der Waals surface area contributed by atoms with Crippen LogP contribution in [-0.4, -0.2) is 29.7 Å². The number of nitriles is 1. The zero-order chi connectivity index (χ0) is 11.6. The molecular formula is C11H18N2O2. The van der Waals surface area contributed by atoms with Crippen molar-refractivity contribution in [1.29, 1.82) is 5.26 Å². The lowest BCUT2D eigenvalue weighted by Gasteiger charge is -2.25. The van der Waals surface area contributed by atoms with Crippen LogP contribution in [0, 0.1) is 23.7 Å². The molecule has 4 heteroatoms. The highest BCUT2D eigenvalue weighted by molar-refractivity contribution is 5.68. The van der Waals surface area contributed by atoms with E-state index in [0.717, 1.165) is 24.9 Å². The van der Waals surface area contributed by atoms with Crippen LogP contribution in [0.1, 0.15) is 27.2 Å². The fourth-order valence-corrected chi connectivity index (χ4v) is 1.87. The number of hydrogen-bond donors (Lipinski definition) is 0. The molecular weight excluding hydrogens is 192 g/mol. The van der Waals surface area contributed by atoms with Crippen LogP contribution in [0.5, 0.6) is 0 Å². The van der Waals surface area contributed by atoms with Crippen molar-refractivity contribution in [3.63, 3.8) is 0 Å². The average Bonchev–Trinajstić information content (AvgIpc) is 2.74. The summed E-state index contributed by atoms with van der Waals surface area (Å²) in [6.45, 7) is 11.0. The zero-order valence-electron chi connectivity index (χ0n) is 9.56. The van der Waals surface area contributed by atoms with Gasteiger partial charge >= 0.3 is 6.09 Å². The second-order valence-corrected chi connectivity index (χ2v) is 5.14. The summed E-state index contributed by atoms with van der Waals surface area (Å²) in [4.78, 5) is 13.4. The van der Waals surface area contributed by atoms with Gasteiger partial charge in [0.25, 0.3) is 0 Å². The Balaban J connectivity index is 0.000000531. The van der Waals surface area contributed by atoms with Gasteiger partial charge in [0, 0.05) is 19.7 Å². The minimum Gasteiger partial charge on any atom is -0.444 e. The summed E-state index contributed by atoms with van der Waals surface area (Å²) >= 11 is 0. The maximum Gasteiger partial charge on any atom is 0.410 e. The number of piperidine rings is 1. The molecule has 1 aliphatic carbocycles. The van der Waals surface area contributed by atoms with Gasteiger partial charge in [0.1, 0.15) is 5.60 Å². The Hall–Kier alpha value is -1.24. The molecule has 1 aliphatic heterocycles. The predicted molar refractivity (Wildman–Crippen MR) is 56.1 cm³/mol. The number of ether oxygens (including phenoxy) is 1. The smallest absolute Gasteiger partial charge is 0.410 e. The van der Waals surface area contributed by atoms with E-state index in [9.17, 15) is 4.79 Å². The van der Waals surface area contributed by atoms with Gasteiger partial charge in [0.05, 0.1) is 0 Å². The molecule has 1 saturated carbocycles. The van der Waals surface area contributed by atoms with E-state index in [-0.39, 0.29) is 11.7 Å². The van der Waals surface area contributed by atoms with E-state index in [2.05, 4.69) is 6.57 Å². The zero-order valence-corrected chi connectivity index (χ0v) is 9.56. The molecule has 15 heavy (non-hydrogen) atoms. The third-order valence-corrected chi connectivity index (χ3v) is 2.63. The van der Waals surface area contributed by atoms with E-state index in [1.807, 2.05) is 25.7 Å². The van der Waals surface area contributed by atoms with Gasteiger partial charge in [-0.2, -0.15) is 0 Å². The Morgan fingerprint density at radius 3 is 2.20 bits per heavy atom. The topological polar surface area (TPSA) is 53.3 Å². The summed E-state index contributed by atoms with van der Waals surface area (Å²) in [5.74, 6) is 1.57. The van der Waals surface area contributed by atoms with Gasteiger partial charge < -0.3 is 9.64 Å². The first-order chi connectivity index (χ1) is 6.96. The Morgan fingerprint density at radius 2 is 1.80 bits per heavy atom. The number of likely N-dealkylation sites (tertiary alicyclic amines) is 1. The number of amides is 1. The maximum atomic E-state index is 11.5. The van der Waals surface area contributed by atoms with Crippen molar-refractivity contribution in [3.8, 4) is 6.57 Å². The number of carbonyl (C=O) groups is 1. The van der Waals surface area contributed by atoms with Crippen molar-refractivity contribution >= 4 is 6.09 Å². The Bertz CT molecular complexity index is 257. The minimum absolute atomic E-state index is 0.139. The Morgan fingerprint density at radius 1 is 1.33 bits per heavy atom. The lowest BCUT2D eigenvalue weighted by Crippen LogP contribution is -2.36. The van der Waals surface area contributed by atoms with Gasteiger partial charge in [-0.3, -0.25) is 0 Å². The number of fused-ring (bicyclic) bond motifs is 1. The van der Waals surface area contributed by atoms with E-state index in [1.165, 1.54) is 6.42 Å². The molecule has 1 heterocycles. The van der Waals surface area contributed by atoms with E-state index in [4.69, 9.17) is 10.00 Å². The molecule has 2 atom stereocenters. The van der Waals surface area contributed by atoms with Crippen LogP contribution in [0.15, 0.2) is 0 Å². The van der Waals surface area contributed by atoms with Crippen LogP contribution in [0.25, 0.3) is 0 Å². The van der Waals surface area contributed by atoms with Crippen molar-refractivity contribution in [2.75, 3.05) is 13.1 Å². The molecule has 1 amide bonds. The van der Waals surface area contributed by atoms with Crippen molar-refractivity contribution < 1.29 is 9.53 Å². The molecule has 0 aromatic carbocycles. The molecule has 0 N–H and O–H groups in total. The monoisotopic (exact) mass is 210 g/mol. The SMILES string of the molecule is C#N.CC(C)(C)OC(=O)N1CC2CC2C1. The summed E-state index contributed by atoms with van der Waals surface area (Å²) < 4.78 is 5.28. The first kappa shape index (κ1) is 11.8. The fraction of sp³-hybridized carbons (Fsp3) is 0.818. The molecule has 84 valence electrons. The van der Waals surface area contributed by atoms with E-state index < -0.39 is 0 Å². The van der Waals surface area contributed by atoms with Crippen LogP contribution < -0.4 is 0 Å². The molecule has 0 spiro atoms. The van der Waals surface area contributed by atoms with Gasteiger partial charge in [-0.15, -0.1) is 0 Å². The quantitative estimate of drug-likeness (QED) is 0.614. The largest absolute Gasteiger partial charge is 0.444 e. The van der Waals surface area contributed by atoms with Crippen molar-refractivity contribution in [1.82, 2.24) is 4.90 Å². The minimum atomic E-state index is -0.357. The normalized spacial score (nSPS) is 27.4. The molecule has 0 aromatic heterocycles. The van der Waals surface area contributed by atoms with Crippen molar-refractivity contribution in [3.05, 3.63) is 0 Å². The first-order valence-electron chi connectivity index (χ1n) is 5.19. The second kappa shape index (κ2) is 4.09. The number of hydrogen-bond acceptors (Lipinski definition) is 3. The van der Waals surface area contributed by atoms with E-state index in [0.29, 0.717) is 0 Å². The highest BCUT2D eigenvalue weighted by Crippen LogP contribution is 2.45. The molecule has 2 fully saturated rings. The summed E-state index contributed by atoms with van der Waals surface area (Å²) in [6, 6.07) is 0. The molecule has 0 bridgehead atoms. The highest BCUT2D eigenvalue weighted by atomic mass is 16.6. The van der Waals surface area contributed by atoms with Crippen LogP contribution in [-0.2, 0) is 4.74 Å². The fourth-order valence-electron chi connectivity index (χ4n) is 1.87. The molecule has 2 aliphatic rings. The van der Waals surface area contributed by atoms with Crippen molar-refractivity contribution in [2.24, 2.45) is 11.8 Å². The molecule has 4 nitrogen and oxygen atoms in total. The number of rotatable bonds is 0. The van der Waals surface area contributed by atoms with Crippen LogP contribution in [0.2, 0.25) is 0 Å². The lowest BCUT2D eigenvalue weighted by atomic mass is 10.2. The van der Waals surface area contributed by atoms with Crippen LogP contribution >= 0.6 is 0 Å². The first-order valence-corrected chi connectivity index (χ1v) is 5.19. The summed E-state index contributed by atoms with van der Waals surface area (Å²) in [5, 5.41) is 6.50. The van der Waals surface area contributed by atoms with Gasteiger partial charge in [-0.05, 0) is 39.0 Å². The Kier molecular flexibility index (Phi) is 3.23. The Labute approximate surface area is 90.8 Å². The average molecular weight is 210 g/mol. The van der Waals surface area contributed by atoms with Crippen LogP contribution in [0.3, 0.4) is 0 Å². The standard InChI is InChI=1S/C10H17NO2.CHN/c1-10(2,3)13-9(12)11-5-7-4-8(7)6-11;1-2/h7-8H,4-6H2,1-3H3;1H. The summed E-state index contributed by atoms with van der Waals surface area (Å²) in [5.41, 5.74) is -0.357. The van der Waals surface area contributed by atoms with E-state index >= 15 is 0 Å². The molecule has 1 saturated heterocycles. The predicted octanol–water partition coefficient (Wildman–Crippen LogP) is 2.01. The van der Waals surface area contributed by atoms with Crippen LogP contribution in [0.4, 0.5) is 4.79 Å². The molecule has 2 rings (SSSR count). The van der Waals surface area contributed by atoms with Gasteiger partial charge in [0.15, 0.2) is 0 Å². The van der Waals surface area contributed by atoms with Gasteiger partial charge in [-0.1, -0.05) is 0 Å². The third-order valence-electron chi connectivity index (χ3n) is 2.63. The van der Waals surface area contributed by atoms with E-state index in [1.54, 1.807) is 0 Å². The molecule has 2 unspecified atom stereocenters. The highest BCUT2D eigenvalue weighted by Gasteiger charge is 2.47. The second-order valence-electron chi connectivity index (χ2n) is 5.14. The summed E-state index contributed by atoms with van der Waals surface area (Å²) in [7, 11) is 0. The van der Waals surface area contributed by atoms with Gasteiger partial charge in [0.2, 0.25) is 0 Å². The van der Waals surface area contributed by atoms with Gasteiger partial charge in [-0.25, -0.2) is 10.1 Å². The van der Waals surface area contributed by atoms with Crippen molar-refractivity contribution in [2.45, 2.75) is 32.8 Å². The molecule has 0 aromatic rings. The lowest BCUT2D eigenvalue weighted by molar-refractivity contribution is 0.0274. The maximum absolute atomic E-state index is 11.5. The molecule has 0 radical (unpaired) electrons. The number of nitrogens with zero attached hydrogens (tertiary/aromatic N) is 2. The summed E-state index contributed by atoms with van der Waals surface area (Å²) in [6.07, 6.45) is 1.18.